The standard InChI is InChI=1S/C11H21N/c1-7-12(8-2)11(6)10(5)9(3)4/h11H,3,5,7-8H2,1-2,4,6H3. The molecule has 0 rings (SSSR count). The predicted octanol–water partition coefficient (Wildman–Crippen LogP) is 2.85. The Labute approximate surface area is 76.8 Å². The van der Waals surface area contributed by atoms with E-state index in [-0.39, 0.29) is 0 Å². The highest BCUT2D eigenvalue weighted by Gasteiger charge is 2.12. The molecular weight excluding hydrogens is 146 g/mol. The van der Waals surface area contributed by atoms with Gasteiger partial charge in [0.15, 0.2) is 0 Å². The van der Waals surface area contributed by atoms with Crippen LogP contribution in [0.2, 0.25) is 0 Å². The van der Waals surface area contributed by atoms with Crippen molar-refractivity contribution in [2.45, 2.75) is 33.7 Å². The lowest BCUT2D eigenvalue weighted by atomic mass is 10.0. The van der Waals surface area contributed by atoms with Crippen LogP contribution in [0.5, 0.6) is 0 Å². The van der Waals surface area contributed by atoms with Crippen LogP contribution in [0.1, 0.15) is 27.7 Å². The average Bonchev–Trinajstić information content (AvgIpc) is 2.05. The summed E-state index contributed by atoms with van der Waals surface area (Å²) in [5.41, 5.74) is 2.24. The molecule has 0 aliphatic rings. The third kappa shape index (κ3) is 2.82. The van der Waals surface area contributed by atoms with Crippen molar-refractivity contribution in [1.29, 1.82) is 0 Å². The fourth-order valence-corrected chi connectivity index (χ4v) is 1.35. The number of rotatable bonds is 5. The first kappa shape index (κ1) is 11.4. The van der Waals surface area contributed by atoms with Gasteiger partial charge < -0.3 is 0 Å². The van der Waals surface area contributed by atoms with Crippen LogP contribution in [-0.2, 0) is 0 Å². The average molecular weight is 167 g/mol. The summed E-state index contributed by atoms with van der Waals surface area (Å²) < 4.78 is 0. The lowest BCUT2D eigenvalue weighted by molar-refractivity contribution is 0.261. The minimum Gasteiger partial charge on any atom is -0.297 e. The largest absolute Gasteiger partial charge is 0.297 e. The second-order valence-electron chi connectivity index (χ2n) is 3.20. The highest BCUT2D eigenvalue weighted by Crippen LogP contribution is 2.14. The molecule has 0 aromatic heterocycles. The summed E-state index contributed by atoms with van der Waals surface area (Å²) in [4.78, 5) is 2.37. The Morgan fingerprint density at radius 3 is 1.92 bits per heavy atom. The minimum absolute atomic E-state index is 0.428. The molecule has 0 aromatic carbocycles. The molecule has 0 radical (unpaired) electrons. The van der Waals surface area contributed by atoms with Crippen LogP contribution in [0.4, 0.5) is 0 Å². The zero-order valence-electron chi connectivity index (χ0n) is 8.85. The van der Waals surface area contributed by atoms with E-state index in [0.29, 0.717) is 6.04 Å². The van der Waals surface area contributed by atoms with E-state index in [2.05, 4.69) is 38.8 Å². The molecular formula is C11H21N. The van der Waals surface area contributed by atoms with Gasteiger partial charge in [-0.1, -0.05) is 32.6 Å². The number of nitrogens with zero attached hydrogens (tertiary/aromatic N) is 1. The first-order valence-electron chi connectivity index (χ1n) is 4.63. The fourth-order valence-electron chi connectivity index (χ4n) is 1.35. The second kappa shape index (κ2) is 5.15. The molecule has 0 fully saturated rings. The van der Waals surface area contributed by atoms with Gasteiger partial charge in [0.05, 0.1) is 0 Å². The molecule has 1 atom stereocenters. The molecule has 0 aliphatic carbocycles. The highest BCUT2D eigenvalue weighted by atomic mass is 15.1. The van der Waals surface area contributed by atoms with E-state index >= 15 is 0 Å². The monoisotopic (exact) mass is 167 g/mol. The first-order chi connectivity index (χ1) is 5.54. The van der Waals surface area contributed by atoms with Gasteiger partial charge in [-0.05, 0) is 32.5 Å². The topological polar surface area (TPSA) is 3.24 Å². The number of hydrogen-bond donors (Lipinski definition) is 0. The summed E-state index contributed by atoms with van der Waals surface area (Å²) in [5, 5.41) is 0. The molecule has 1 nitrogen and oxygen atoms in total. The molecule has 0 amide bonds. The number of hydrogen-bond acceptors (Lipinski definition) is 1. The maximum atomic E-state index is 4.03. The minimum atomic E-state index is 0.428. The van der Waals surface area contributed by atoms with Crippen LogP contribution in [0.3, 0.4) is 0 Å². The van der Waals surface area contributed by atoms with Gasteiger partial charge in [0.2, 0.25) is 0 Å². The SMILES string of the molecule is C=C(C)C(=C)C(C)N(CC)CC. The van der Waals surface area contributed by atoms with Crippen molar-refractivity contribution >= 4 is 0 Å². The summed E-state index contributed by atoms with van der Waals surface area (Å²) in [5.74, 6) is 0. The maximum absolute atomic E-state index is 4.03. The van der Waals surface area contributed by atoms with E-state index < -0.39 is 0 Å². The lowest BCUT2D eigenvalue weighted by Crippen LogP contribution is -2.34. The summed E-state index contributed by atoms with van der Waals surface area (Å²) in [7, 11) is 0. The molecule has 12 heavy (non-hydrogen) atoms. The number of likely N-dealkylation sites (N-methyl/N-ethyl adjacent to an activating group) is 1. The van der Waals surface area contributed by atoms with Crippen LogP contribution < -0.4 is 0 Å². The molecule has 0 spiro atoms. The summed E-state index contributed by atoms with van der Waals surface area (Å²) in [6.07, 6.45) is 0. The predicted molar refractivity (Wildman–Crippen MR) is 56.3 cm³/mol. The Morgan fingerprint density at radius 2 is 1.67 bits per heavy atom. The van der Waals surface area contributed by atoms with E-state index in [0.717, 1.165) is 24.2 Å². The molecule has 0 aromatic rings. The Balaban J connectivity index is 4.25. The van der Waals surface area contributed by atoms with Gasteiger partial charge in [-0.2, -0.15) is 0 Å². The summed E-state index contributed by atoms with van der Waals surface area (Å²) in [6.45, 7) is 18.6. The molecule has 1 heteroatoms. The van der Waals surface area contributed by atoms with E-state index in [4.69, 9.17) is 0 Å². The zero-order chi connectivity index (χ0) is 9.72. The van der Waals surface area contributed by atoms with E-state index in [9.17, 15) is 0 Å². The van der Waals surface area contributed by atoms with Crippen molar-refractivity contribution in [2.75, 3.05) is 13.1 Å². The quantitative estimate of drug-likeness (QED) is 0.569. The molecule has 70 valence electrons. The van der Waals surface area contributed by atoms with Crippen LogP contribution in [0, 0.1) is 0 Å². The van der Waals surface area contributed by atoms with Crippen LogP contribution in [0.15, 0.2) is 24.3 Å². The normalized spacial score (nSPS) is 13.1. The highest BCUT2D eigenvalue weighted by molar-refractivity contribution is 5.27. The molecule has 0 heterocycles. The molecule has 0 saturated heterocycles. The third-order valence-corrected chi connectivity index (χ3v) is 2.41. The van der Waals surface area contributed by atoms with Crippen molar-refractivity contribution in [2.24, 2.45) is 0 Å². The van der Waals surface area contributed by atoms with Crippen molar-refractivity contribution in [3.63, 3.8) is 0 Å². The fraction of sp³-hybridized carbons (Fsp3) is 0.636. The molecule has 0 saturated carbocycles. The van der Waals surface area contributed by atoms with E-state index in [1.807, 2.05) is 6.92 Å². The lowest BCUT2D eigenvalue weighted by Gasteiger charge is -2.28. The van der Waals surface area contributed by atoms with Crippen molar-refractivity contribution in [3.05, 3.63) is 24.3 Å². The Morgan fingerprint density at radius 1 is 1.25 bits per heavy atom. The van der Waals surface area contributed by atoms with Gasteiger partial charge in [-0.25, -0.2) is 0 Å². The van der Waals surface area contributed by atoms with Crippen molar-refractivity contribution < 1.29 is 0 Å². The third-order valence-electron chi connectivity index (χ3n) is 2.41. The van der Waals surface area contributed by atoms with Gasteiger partial charge in [-0.3, -0.25) is 4.90 Å². The maximum Gasteiger partial charge on any atom is 0.0316 e. The van der Waals surface area contributed by atoms with Crippen LogP contribution in [0.25, 0.3) is 0 Å². The van der Waals surface area contributed by atoms with Gasteiger partial charge >= 0.3 is 0 Å². The summed E-state index contributed by atoms with van der Waals surface area (Å²) in [6, 6.07) is 0.428. The molecule has 1 unspecified atom stereocenters. The van der Waals surface area contributed by atoms with Crippen LogP contribution >= 0.6 is 0 Å². The van der Waals surface area contributed by atoms with E-state index in [1.165, 1.54) is 0 Å². The second-order valence-corrected chi connectivity index (χ2v) is 3.20. The van der Waals surface area contributed by atoms with Gasteiger partial charge in [0.1, 0.15) is 0 Å². The van der Waals surface area contributed by atoms with Crippen molar-refractivity contribution in [3.8, 4) is 0 Å². The summed E-state index contributed by atoms with van der Waals surface area (Å²) >= 11 is 0. The zero-order valence-corrected chi connectivity index (χ0v) is 8.85. The van der Waals surface area contributed by atoms with Crippen LogP contribution in [-0.4, -0.2) is 24.0 Å². The molecule has 0 N–H and O–H groups in total. The van der Waals surface area contributed by atoms with Crippen molar-refractivity contribution in [1.82, 2.24) is 4.90 Å². The van der Waals surface area contributed by atoms with Gasteiger partial charge in [0, 0.05) is 6.04 Å². The van der Waals surface area contributed by atoms with Gasteiger partial charge in [0.25, 0.3) is 0 Å². The Hall–Kier alpha value is -0.560. The molecule has 0 aliphatic heterocycles. The molecule has 0 bridgehead atoms. The van der Waals surface area contributed by atoms with E-state index in [1.54, 1.807) is 0 Å². The Kier molecular flexibility index (Phi) is 4.91. The Bertz CT molecular complexity index is 166. The first-order valence-corrected chi connectivity index (χ1v) is 4.63. The van der Waals surface area contributed by atoms with Gasteiger partial charge in [-0.15, -0.1) is 0 Å². The smallest absolute Gasteiger partial charge is 0.0316 e.